The maximum atomic E-state index is 12.0. The third kappa shape index (κ3) is 3.58. The Bertz CT molecular complexity index is 481. The van der Waals surface area contributed by atoms with Crippen LogP contribution in [0, 0.1) is 0 Å². The molecule has 0 radical (unpaired) electrons. The molecule has 0 aliphatic rings. The van der Waals surface area contributed by atoms with Crippen LogP contribution in [-0.4, -0.2) is 13.9 Å². The van der Waals surface area contributed by atoms with Crippen molar-refractivity contribution in [2.75, 3.05) is 0 Å². The Morgan fingerprint density at radius 1 is 1.24 bits per heavy atom. The number of hydrogen-bond acceptors (Lipinski definition) is 3. The minimum atomic E-state index is -5.59. The van der Waals surface area contributed by atoms with Gasteiger partial charge < -0.3 is 0 Å². The Morgan fingerprint density at radius 3 is 2.12 bits per heavy atom. The Balaban J connectivity index is 2.87. The van der Waals surface area contributed by atoms with Crippen LogP contribution in [-0.2, 0) is 14.3 Å². The topological polar surface area (TPSA) is 43.4 Å². The molecule has 1 rings (SSSR count). The molecular weight excluding hydrogens is 281 g/mol. The molecule has 96 valence electrons. The number of halogens is 4. The van der Waals surface area contributed by atoms with Gasteiger partial charge in [0.1, 0.15) is 0 Å². The lowest BCUT2D eigenvalue weighted by Crippen LogP contribution is -2.26. The second kappa shape index (κ2) is 4.83. The lowest BCUT2D eigenvalue weighted by Gasteiger charge is -2.14. The zero-order chi connectivity index (χ0) is 13.3. The fourth-order valence-electron chi connectivity index (χ4n) is 1.03. The normalized spacial score (nSPS) is 14.6. The van der Waals surface area contributed by atoms with Gasteiger partial charge in [-0.15, -0.1) is 0 Å². The molecule has 1 unspecified atom stereocenters. The predicted molar refractivity (Wildman–Crippen MR) is 55.9 cm³/mol. The summed E-state index contributed by atoms with van der Waals surface area (Å²) in [5.41, 5.74) is -5.14. The molecule has 0 saturated heterocycles. The Morgan fingerprint density at radius 2 is 1.71 bits per heavy atom. The molecule has 8 heteroatoms. The van der Waals surface area contributed by atoms with Crippen molar-refractivity contribution in [2.45, 2.75) is 18.5 Å². The summed E-state index contributed by atoms with van der Waals surface area (Å²) in [6, 6.07) is 5.63. The summed E-state index contributed by atoms with van der Waals surface area (Å²) < 4.78 is 61.6. The van der Waals surface area contributed by atoms with Gasteiger partial charge in [-0.25, -0.2) is 0 Å². The first-order chi connectivity index (χ1) is 7.63. The quantitative estimate of drug-likeness (QED) is 0.633. The van der Waals surface area contributed by atoms with Crippen molar-refractivity contribution in [2.24, 2.45) is 0 Å². The van der Waals surface area contributed by atoms with Crippen LogP contribution in [0.2, 0.25) is 5.02 Å². The highest BCUT2D eigenvalue weighted by Gasteiger charge is 2.48. The summed E-state index contributed by atoms with van der Waals surface area (Å²) in [5, 5.41) is 0.389. The zero-order valence-corrected chi connectivity index (χ0v) is 10.1. The van der Waals surface area contributed by atoms with Crippen molar-refractivity contribution in [3.63, 3.8) is 0 Å². The van der Waals surface area contributed by atoms with E-state index in [1.54, 1.807) is 0 Å². The lowest BCUT2D eigenvalue weighted by molar-refractivity contribution is -0.0569. The van der Waals surface area contributed by atoms with E-state index in [9.17, 15) is 21.6 Å². The van der Waals surface area contributed by atoms with Crippen molar-refractivity contribution in [3.05, 3.63) is 34.9 Å². The fourth-order valence-corrected chi connectivity index (χ4v) is 1.76. The fraction of sp³-hybridized carbons (Fsp3) is 0.333. The summed E-state index contributed by atoms with van der Waals surface area (Å²) in [5.74, 6) is 0. The van der Waals surface area contributed by atoms with E-state index in [0.29, 0.717) is 5.02 Å². The second-order valence-corrected chi connectivity index (χ2v) is 5.19. The first kappa shape index (κ1) is 14.3. The van der Waals surface area contributed by atoms with Gasteiger partial charge in [-0.1, -0.05) is 23.7 Å². The van der Waals surface area contributed by atoms with E-state index < -0.39 is 21.7 Å². The van der Waals surface area contributed by atoms with Gasteiger partial charge in [0, 0.05) is 5.02 Å². The summed E-state index contributed by atoms with van der Waals surface area (Å²) in [4.78, 5) is 0. The maximum absolute atomic E-state index is 12.0. The van der Waals surface area contributed by atoms with Crippen molar-refractivity contribution in [1.29, 1.82) is 0 Å². The molecule has 3 nitrogen and oxygen atoms in total. The van der Waals surface area contributed by atoms with Crippen LogP contribution in [0.5, 0.6) is 0 Å². The molecule has 0 heterocycles. The van der Waals surface area contributed by atoms with Crippen LogP contribution < -0.4 is 0 Å². The zero-order valence-electron chi connectivity index (χ0n) is 8.53. The van der Waals surface area contributed by atoms with Crippen molar-refractivity contribution >= 4 is 21.7 Å². The Hall–Kier alpha value is -0.790. The molecule has 0 bridgehead atoms. The van der Waals surface area contributed by atoms with Gasteiger partial charge in [-0.05, 0) is 24.6 Å². The van der Waals surface area contributed by atoms with Crippen molar-refractivity contribution in [1.82, 2.24) is 0 Å². The molecule has 0 spiro atoms. The highest BCUT2D eigenvalue weighted by molar-refractivity contribution is 7.87. The lowest BCUT2D eigenvalue weighted by atomic mass is 10.1. The van der Waals surface area contributed by atoms with E-state index in [1.165, 1.54) is 31.2 Å². The van der Waals surface area contributed by atoms with E-state index >= 15 is 0 Å². The van der Waals surface area contributed by atoms with Crippen LogP contribution >= 0.6 is 11.6 Å². The van der Waals surface area contributed by atoms with Crippen molar-refractivity contribution < 1.29 is 25.8 Å². The van der Waals surface area contributed by atoms with Gasteiger partial charge in [0.15, 0.2) is 0 Å². The minimum Gasteiger partial charge on any atom is -0.255 e. The standard InChI is InChI=1S/C9H8ClF3O3S/c1-6(7-2-4-8(10)5-3-7)16-17(14,15)9(11,12)13/h2-6H,1H3. The highest BCUT2D eigenvalue weighted by atomic mass is 35.5. The van der Waals surface area contributed by atoms with Crippen LogP contribution in [0.3, 0.4) is 0 Å². The van der Waals surface area contributed by atoms with E-state index in [1.807, 2.05) is 0 Å². The molecule has 0 aliphatic heterocycles. The highest BCUT2D eigenvalue weighted by Crippen LogP contribution is 2.30. The van der Waals surface area contributed by atoms with Crippen LogP contribution in [0.15, 0.2) is 24.3 Å². The molecule has 0 N–H and O–H groups in total. The van der Waals surface area contributed by atoms with Crippen molar-refractivity contribution in [3.8, 4) is 0 Å². The minimum absolute atomic E-state index is 0.280. The van der Waals surface area contributed by atoms with Gasteiger partial charge in [-0.3, -0.25) is 4.18 Å². The van der Waals surface area contributed by atoms with E-state index in [4.69, 9.17) is 11.6 Å². The van der Waals surface area contributed by atoms with E-state index in [0.717, 1.165) is 0 Å². The summed E-state index contributed by atoms with van der Waals surface area (Å²) >= 11 is 5.58. The van der Waals surface area contributed by atoms with E-state index in [-0.39, 0.29) is 5.56 Å². The molecule has 0 amide bonds. The predicted octanol–water partition coefficient (Wildman–Crippen LogP) is 3.27. The van der Waals surface area contributed by atoms with Gasteiger partial charge >= 0.3 is 15.6 Å². The molecule has 0 aromatic heterocycles. The summed E-state index contributed by atoms with van der Waals surface area (Å²) in [7, 11) is -5.59. The van der Waals surface area contributed by atoms with Crippen LogP contribution in [0.4, 0.5) is 13.2 Å². The monoisotopic (exact) mass is 288 g/mol. The third-order valence-corrected chi connectivity index (χ3v) is 3.25. The SMILES string of the molecule is CC(OS(=O)(=O)C(F)(F)F)c1ccc(Cl)cc1. The molecule has 0 saturated carbocycles. The average molecular weight is 289 g/mol. The Kier molecular flexibility index (Phi) is 4.06. The van der Waals surface area contributed by atoms with Gasteiger partial charge in [-0.2, -0.15) is 21.6 Å². The average Bonchev–Trinajstić information content (AvgIpc) is 2.16. The molecular formula is C9H8ClF3O3S. The number of benzene rings is 1. The summed E-state index contributed by atoms with van der Waals surface area (Å²) in [6.07, 6.45) is -1.24. The van der Waals surface area contributed by atoms with Gasteiger partial charge in [0.05, 0.1) is 6.10 Å². The molecule has 1 aromatic rings. The molecule has 1 atom stereocenters. The maximum Gasteiger partial charge on any atom is 0.523 e. The first-order valence-corrected chi connectivity index (χ1v) is 6.17. The molecule has 17 heavy (non-hydrogen) atoms. The second-order valence-electron chi connectivity index (χ2n) is 3.19. The number of rotatable bonds is 3. The Labute approximate surface area is 101 Å². The molecule has 0 aliphatic carbocycles. The smallest absolute Gasteiger partial charge is 0.255 e. The van der Waals surface area contributed by atoms with Gasteiger partial charge in [0.25, 0.3) is 0 Å². The number of hydrogen-bond donors (Lipinski definition) is 0. The molecule has 0 fully saturated rings. The third-order valence-electron chi connectivity index (χ3n) is 1.89. The number of alkyl halides is 3. The largest absolute Gasteiger partial charge is 0.523 e. The van der Waals surface area contributed by atoms with Gasteiger partial charge in [0.2, 0.25) is 0 Å². The molecule has 1 aromatic carbocycles. The van der Waals surface area contributed by atoms with E-state index in [2.05, 4.69) is 4.18 Å². The first-order valence-electron chi connectivity index (χ1n) is 4.38. The van der Waals surface area contributed by atoms with Crippen LogP contribution in [0.1, 0.15) is 18.6 Å². The summed E-state index contributed by atoms with van der Waals surface area (Å²) in [6.45, 7) is 1.20. The van der Waals surface area contributed by atoms with Crippen LogP contribution in [0.25, 0.3) is 0 Å².